The van der Waals surface area contributed by atoms with Gasteiger partial charge >= 0.3 is 6.18 Å². The number of alkyl halides is 3. The zero-order valence-electron chi connectivity index (χ0n) is 12.8. The van der Waals surface area contributed by atoms with Gasteiger partial charge in [-0.3, -0.25) is 4.79 Å². The number of hydrogen-bond acceptors (Lipinski definition) is 2. The molecule has 0 spiro atoms. The lowest BCUT2D eigenvalue weighted by molar-refractivity contribution is -0.137. The van der Waals surface area contributed by atoms with Crippen LogP contribution in [0.1, 0.15) is 22.3 Å². The van der Waals surface area contributed by atoms with Crippen LogP contribution in [0.4, 0.5) is 13.2 Å². The molecule has 3 rings (SSSR count). The first-order valence-corrected chi connectivity index (χ1v) is 7.60. The van der Waals surface area contributed by atoms with Gasteiger partial charge in [-0.15, -0.1) is 0 Å². The van der Waals surface area contributed by atoms with E-state index in [1.165, 1.54) is 12.1 Å². The smallest absolute Gasteiger partial charge is 0.391 e. The van der Waals surface area contributed by atoms with E-state index in [0.717, 1.165) is 12.1 Å². The lowest BCUT2D eigenvalue weighted by Crippen LogP contribution is -2.29. The fraction of sp³-hybridized carbons (Fsp3) is 0.278. The van der Waals surface area contributed by atoms with Crippen LogP contribution >= 0.6 is 0 Å². The summed E-state index contributed by atoms with van der Waals surface area (Å²) < 4.78 is 38.1. The Balaban J connectivity index is 1.93. The average Bonchev–Trinajstić information content (AvgIpc) is 3.00. The Bertz CT molecular complexity index is 741. The van der Waals surface area contributed by atoms with E-state index in [-0.39, 0.29) is 12.5 Å². The minimum atomic E-state index is -4.39. The molecule has 1 aliphatic heterocycles. The van der Waals surface area contributed by atoms with Crippen molar-refractivity contribution >= 4 is 5.91 Å². The van der Waals surface area contributed by atoms with Crippen molar-refractivity contribution in [2.75, 3.05) is 13.1 Å². The quantitative estimate of drug-likeness (QED) is 0.911. The topological polar surface area (TPSA) is 40.5 Å². The maximum atomic E-state index is 12.7. The highest BCUT2D eigenvalue weighted by Crippen LogP contribution is 2.32. The first-order valence-electron chi connectivity index (χ1n) is 7.60. The van der Waals surface area contributed by atoms with Gasteiger partial charge in [0.1, 0.15) is 0 Å². The van der Waals surface area contributed by atoms with Crippen LogP contribution in [0, 0.1) is 0 Å². The van der Waals surface area contributed by atoms with Gasteiger partial charge in [0, 0.05) is 18.7 Å². The van der Waals surface area contributed by atoms with E-state index in [1.54, 1.807) is 29.2 Å². The number of carbonyl (C=O) groups is 1. The molecule has 0 bridgehead atoms. The largest absolute Gasteiger partial charge is 0.416 e. The minimum absolute atomic E-state index is 0.220. The third-order valence-electron chi connectivity index (χ3n) is 4.13. The number of halogens is 3. The van der Waals surface area contributed by atoms with Crippen LogP contribution in [0.15, 0.2) is 48.5 Å². The first kappa shape index (κ1) is 16.5. The predicted molar refractivity (Wildman–Crippen MR) is 83.4 cm³/mol. The third kappa shape index (κ3) is 3.28. The number of rotatable bonds is 2. The van der Waals surface area contributed by atoms with Gasteiger partial charge in [-0.25, -0.2) is 0 Å². The highest BCUT2D eigenvalue weighted by molar-refractivity contribution is 6.01. The molecule has 0 unspecified atom stereocenters. The van der Waals surface area contributed by atoms with Gasteiger partial charge in [0.05, 0.1) is 11.7 Å². The van der Waals surface area contributed by atoms with Crippen molar-refractivity contribution < 1.29 is 23.1 Å². The second-order valence-corrected chi connectivity index (χ2v) is 5.81. The number of benzene rings is 2. The molecule has 1 heterocycles. The monoisotopic (exact) mass is 335 g/mol. The second kappa shape index (κ2) is 6.28. The molecule has 2 aromatic rings. The van der Waals surface area contributed by atoms with Crippen molar-refractivity contribution in [2.24, 2.45) is 0 Å². The Morgan fingerprint density at radius 2 is 1.75 bits per heavy atom. The fourth-order valence-electron chi connectivity index (χ4n) is 2.86. The van der Waals surface area contributed by atoms with Gasteiger partial charge in [0.25, 0.3) is 5.91 Å². The summed E-state index contributed by atoms with van der Waals surface area (Å²) in [6.07, 6.45) is -4.37. The van der Waals surface area contributed by atoms with Crippen molar-refractivity contribution in [3.05, 3.63) is 59.7 Å². The van der Waals surface area contributed by atoms with Crippen LogP contribution in [-0.2, 0) is 6.18 Å². The molecule has 1 atom stereocenters. The fourth-order valence-corrected chi connectivity index (χ4v) is 2.86. The van der Waals surface area contributed by atoms with E-state index < -0.39 is 17.8 Å². The van der Waals surface area contributed by atoms with Crippen molar-refractivity contribution in [1.29, 1.82) is 0 Å². The van der Waals surface area contributed by atoms with Gasteiger partial charge in [-0.2, -0.15) is 13.2 Å². The second-order valence-electron chi connectivity index (χ2n) is 5.81. The lowest BCUT2D eigenvalue weighted by atomic mass is 9.98. The van der Waals surface area contributed by atoms with E-state index in [9.17, 15) is 23.1 Å². The van der Waals surface area contributed by atoms with Crippen LogP contribution in [0.25, 0.3) is 11.1 Å². The molecule has 0 aromatic heterocycles. The van der Waals surface area contributed by atoms with Crippen LogP contribution in [0.2, 0.25) is 0 Å². The normalized spacial score (nSPS) is 18.0. The number of carbonyl (C=O) groups excluding carboxylic acids is 1. The van der Waals surface area contributed by atoms with Crippen LogP contribution in [0.5, 0.6) is 0 Å². The summed E-state index contributed by atoms with van der Waals surface area (Å²) in [7, 11) is 0. The van der Waals surface area contributed by atoms with Gasteiger partial charge < -0.3 is 10.0 Å². The molecule has 1 fully saturated rings. The summed E-state index contributed by atoms with van der Waals surface area (Å²) in [6.45, 7) is 0.752. The predicted octanol–water partition coefficient (Wildman–Crippen LogP) is 3.58. The number of aliphatic hydroxyl groups is 1. The Labute approximate surface area is 137 Å². The van der Waals surface area contributed by atoms with Gasteiger partial charge in [0.2, 0.25) is 0 Å². The van der Waals surface area contributed by atoms with E-state index in [1.807, 2.05) is 0 Å². The van der Waals surface area contributed by atoms with E-state index >= 15 is 0 Å². The zero-order chi connectivity index (χ0) is 17.3. The van der Waals surface area contributed by atoms with Crippen LogP contribution in [-0.4, -0.2) is 35.1 Å². The number of likely N-dealkylation sites (tertiary alicyclic amines) is 1. The summed E-state index contributed by atoms with van der Waals surface area (Å²) in [6, 6.07) is 11.6. The molecule has 1 N–H and O–H groups in total. The van der Waals surface area contributed by atoms with Crippen molar-refractivity contribution in [3.63, 3.8) is 0 Å². The zero-order valence-corrected chi connectivity index (χ0v) is 12.8. The molecule has 6 heteroatoms. The first-order chi connectivity index (χ1) is 11.4. The summed E-state index contributed by atoms with van der Waals surface area (Å²) >= 11 is 0. The number of β-amino-alcohol motifs (C(OH)–C–C–N with tert-alkyl or cyclic N) is 1. The Hall–Kier alpha value is -2.34. The number of hydrogen-bond donors (Lipinski definition) is 1. The Morgan fingerprint density at radius 1 is 1.08 bits per heavy atom. The molecule has 0 radical (unpaired) electrons. The summed E-state index contributed by atoms with van der Waals surface area (Å²) in [5.41, 5.74) is 0.827. The van der Waals surface area contributed by atoms with Crippen molar-refractivity contribution in [1.82, 2.24) is 4.90 Å². The van der Waals surface area contributed by atoms with Crippen molar-refractivity contribution in [3.8, 4) is 11.1 Å². The molecule has 0 saturated carbocycles. The van der Waals surface area contributed by atoms with Gasteiger partial charge in [-0.05, 0) is 35.7 Å². The van der Waals surface area contributed by atoms with Crippen LogP contribution in [0.3, 0.4) is 0 Å². The van der Waals surface area contributed by atoms with Gasteiger partial charge in [-0.1, -0.05) is 30.3 Å². The molecule has 0 aliphatic carbocycles. The Morgan fingerprint density at radius 3 is 2.33 bits per heavy atom. The number of amides is 1. The van der Waals surface area contributed by atoms with Gasteiger partial charge in [0.15, 0.2) is 0 Å². The molecule has 1 aliphatic rings. The van der Waals surface area contributed by atoms with E-state index in [4.69, 9.17) is 0 Å². The maximum Gasteiger partial charge on any atom is 0.416 e. The van der Waals surface area contributed by atoms with Crippen LogP contribution < -0.4 is 0 Å². The standard InChI is InChI=1S/C18H16F3NO2/c19-18(20,21)13-7-5-12(6-8-13)15-3-1-2-4-16(15)17(24)22-10-9-14(23)11-22/h1-8,14,23H,9-11H2/t14-/m1/s1. The summed E-state index contributed by atoms with van der Waals surface area (Å²) in [5.74, 6) is -0.220. The Kier molecular flexibility index (Phi) is 4.32. The number of nitrogens with zero attached hydrogens (tertiary/aromatic N) is 1. The molecule has 3 nitrogen and oxygen atoms in total. The van der Waals surface area contributed by atoms with E-state index in [0.29, 0.717) is 29.7 Å². The molecular formula is C18H16F3NO2. The SMILES string of the molecule is O=C(c1ccccc1-c1ccc(C(F)(F)F)cc1)N1CC[C@@H](O)C1. The summed E-state index contributed by atoms with van der Waals surface area (Å²) in [5, 5.41) is 9.59. The molecule has 24 heavy (non-hydrogen) atoms. The van der Waals surface area contributed by atoms with E-state index in [2.05, 4.69) is 0 Å². The highest BCUT2D eigenvalue weighted by atomic mass is 19.4. The molecule has 1 amide bonds. The molecule has 1 saturated heterocycles. The van der Waals surface area contributed by atoms with Crippen molar-refractivity contribution in [2.45, 2.75) is 18.7 Å². The molecule has 2 aromatic carbocycles. The highest BCUT2D eigenvalue weighted by Gasteiger charge is 2.30. The average molecular weight is 335 g/mol. The molecular weight excluding hydrogens is 319 g/mol. The molecule has 126 valence electrons. The maximum absolute atomic E-state index is 12.7. The minimum Gasteiger partial charge on any atom is -0.391 e. The number of aliphatic hydroxyl groups excluding tert-OH is 1. The lowest BCUT2D eigenvalue weighted by Gasteiger charge is -2.18. The third-order valence-corrected chi connectivity index (χ3v) is 4.13. The summed E-state index contributed by atoms with van der Waals surface area (Å²) in [4.78, 5) is 14.2.